The van der Waals surface area contributed by atoms with E-state index in [1.165, 1.54) is 12.1 Å². The summed E-state index contributed by atoms with van der Waals surface area (Å²) in [5, 5.41) is 3.57. The summed E-state index contributed by atoms with van der Waals surface area (Å²) in [4.78, 5) is 4.84. The molecule has 0 saturated heterocycles. The van der Waals surface area contributed by atoms with E-state index in [0.717, 1.165) is 33.7 Å². The molecule has 3 nitrogen and oxygen atoms in total. The maximum Gasteiger partial charge on any atom is 0.145 e. The zero-order valence-electron chi connectivity index (χ0n) is 12.8. The number of aromatic nitrogens is 2. The van der Waals surface area contributed by atoms with E-state index in [9.17, 15) is 4.39 Å². The number of anilines is 1. The Bertz CT molecular complexity index is 1050. The smallest absolute Gasteiger partial charge is 0.145 e. The van der Waals surface area contributed by atoms with Gasteiger partial charge in [-0.3, -0.25) is 4.57 Å². The maximum atomic E-state index is 13.3. The number of hydrogen-bond donors (Lipinski definition) is 1. The molecule has 0 amide bonds. The predicted octanol–water partition coefficient (Wildman–Crippen LogP) is 4.81. The van der Waals surface area contributed by atoms with Gasteiger partial charge in [-0.1, -0.05) is 36.4 Å². The van der Waals surface area contributed by atoms with Gasteiger partial charge in [0.25, 0.3) is 0 Å². The molecule has 1 aliphatic rings. The number of imidazole rings is 1. The van der Waals surface area contributed by atoms with Crippen LogP contribution in [0.4, 0.5) is 10.1 Å². The molecule has 0 bridgehead atoms. The van der Waals surface area contributed by atoms with Crippen LogP contribution in [0.25, 0.3) is 22.4 Å². The molecular formula is C20H14FN3. The fraction of sp³-hybridized carbons (Fsp3) is 0.0500. The molecule has 0 spiro atoms. The molecule has 4 aromatic rings. The molecule has 1 aromatic heterocycles. The molecule has 0 saturated carbocycles. The monoisotopic (exact) mass is 315 g/mol. The average Bonchev–Trinajstić information content (AvgIpc) is 3.02. The number of nitrogens with zero attached hydrogens (tertiary/aromatic N) is 2. The third kappa shape index (κ3) is 1.86. The van der Waals surface area contributed by atoms with Crippen LogP contribution in [0.3, 0.4) is 0 Å². The summed E-state index contributed by atoms with van der Waals surface area (Å²) >= 11 is 0. The third-order valence-electron chi connectivity index (χ3n) is 4.50. The topological polar surface area (TPSA) is 29.9 Å². The van der Waals surface area contributed by atoms with Crippen molar-refractivity contribution >= 4 is 16.7 Å². The molecule has 1 aliphatic heterocycles. The fourth-order valence-electron chi connectivity index (χ4n) is 3.39. The first kappa shape index (κ1) is 13.3. The van der Waals surface area contributed by atoms with Crippen molar-refractivity contribution in [2.75, 3.05) is 5.32 Å². The van der Waals surface area contributed by atoms with Crippen molar-refractivity contribution in [3.05, 3.63) is 84.2 Å². The Morgan fingerprint density at radius 3 is 2.50 bits per heavy atom. The standard InChI is InChI=1S/C20H14FN3/c21-14-11-9-13(10-12-14)19-22-16-6-2-1-5-15(16)20-23-17-7-3-4-8-18(17)24(19)20/h1-12,19,22H. The van der Waals surface area contributed by atoms with Gasteiger partial charge in [0.2, 0.25) is 0 Å². The molecule has 0 fully saturated rings. The largest absolute Gasteiger partial charge is 0.361 e. The average molecular weight is 315 g/mol. The van der Waals surface area contributed by atoms with Crippen LogP contribution in [0.1, 0.15) is 11.7 Å². The lowest BCUT2D eigenvalue weighted by molar-refractivity contribution is 0.621. The van der Waals surface area contributed by atoms with Crippen LogP contribution in [-0.4, -0.2) is 9.55 Å². The molecule has 4 heteroatoms. The Hall–Kier alpha value is -3.14. The summed E-state index contributed by atoms with van der Waals surface area (Å²) in [5.41, 5.74) is 5.12. The third-order valence-corrected chi connectivity index (χ3v) is 4.50. The second-order valence-electron chi connectivity index (χ2n) is 5.94. The first-order chi connectivity index (χ1) is 11.8. The molecule has 1 N–H and O–H groups in total. The number of rotatable bonds is 1. The van der Waals surface area contributed by atoms with Crippen LogP contribution < -0.4 is 5.32 Å². The van der Waals surface area contributed by atoms with Gasteiger partial charge >= 0.3 is 0 Å². The Labute approximate surface area is 138 Å². The summed E-state index contributed by atoms with van der Waals surface area (Å²) in [7, 11) is 0. The second-order valence-corrected chi connectivity index (χ2v) is 5.94. The molecule has 0 radical (unpaired) electrons. The lowest BCUT2D eigenvalue weighted by atomic mass is 10.1. The van der Waals surface area contributed by atoms with Gasteiger partial charge in [-0.05, 0) is 42.0 Å². The number of halogens is 1. The highest BCUT2D eigenvalue weighted by molar-refractivity contribution is 5.86. The van der Waals surface area contributed by atoms with E-state index in [4.69, 9.17) is 4.98 Å². The van der Waals surface area contributed by atoms with Gasteiger partial charge in [0.1, 0.15) is 17.8 Å². The van der Waals surface area contributed by atoms with Gasteiger partial charge in [-0.2, -0.15) is 0 Å². The van der Waals surface area contributed by atoms with Crippen molar-refractivity contribution in [3.63, 3.8) is 0 Å². The Morgan fingerprint density at radius 1 is 0.875 bits per heavy atom. The first-order valence-corrected chi connectivity index (χ1v) is 7.90. The van der Waals surface area contributed by atoms with E-state index >= 15 is 0 Å². The summed E-state index contributed by atoms with van der Waals surface area (Å²) in [5.74, 6) is 0.700. The Morgan fingerprint density at radius 2 is 1.62 bits per heavy atom. The second kappa shape index (κ2) is 4.93. The molecule has 1 unspecified atom stereocenters. The SMILES string of the molecule is Fc1ccc(C2Nc3ccccc3-c3nc4ccccc4n32)cc1. The van der Waals surface area contributed by atoms with Crippen LogP contribution in [0, 0.1) is 5.82 Å². The molecular weight excluding hydrogens is 301 g/mol. The molecule has 116 valence electrons. The fourth-order valence-corrected chi connectivity index (χ4v) is 3.39. The number of nitrogens with one attached hydrogen (secondary N) is 1. The number of fused-ring (bicyclic) bond motifs is 5. The highest BCUT2D eigenvalue weighted by Gasteiger charge is 2.27. The van der Waals surface area contributed by atoms with Gasteiger partial charge in [0, 0.05) is 11.3 Å². The zero-order valence-corrected chi connectivity index (χ0v) is 12.8. The van der Waals surface area contributed by atoms with E-state index in [1.54, 1.807) is 0 Å². The Balaban J connectivity index is 1.81. The van der Waals surface area contributed by atoms with Gasteiger partial charge in [0.15, 0.2) is 0 Å². The van der Waals surface area contributed by atoms with E-state index in [-0.39, 0.29) is 12.0 Å². The first-order valence-electron chi connectivity index (χ1n) is 7.90. The molecule has 2 heterocycles. The Kier molecular flexibility index (Phi) is 2.73. The summed E-state index contributed by atoms with van der Waals surface area (Å²) in [6.07, 6.45) is -0.122. The number of para-hydroxylation sites is 3. The van der Waals surface area contributed by atoms with Crippen molar-refractivity contribution in [1.29, 1.82) is 0 Å². The van der Waals surface area contributed by atoms with Crippen LogP contribution >= 0.6 is 0 Å². The highest BCUT2D eigenvalue weighted by Crippen LogP contribution is 2.40. The summed E-state index contributed by atoms with van der Waals surface area (Å²) < 4.78 is 15.5. The van der Waals surface area contributed by atoms with Gasteiger partial charge < -0.3 is 5.32 Å². The minimum atomic E-state index is -0.231. The zero-order chi connectivity index (χ0) is 16.1. The lowest BCUT2D eigenvalue weighted by Crippen LogP contribution is -2.24. The van der Waals surface area contributed by atoms with Crippen LogP contribution in [0.15, 0.2) is 72.8 Å². The number of hydrogen-bond acceptors (Lipinski definition) is 2. The van der Waals surface area contributed by atoms with Gasteiger partial charge in [-0.25, -0.2) is 9.37 Å². The predicted molar refractivity (Wildman–Crippen MR) is 93.3 cm³/mol. The maximum absolute atomic E-state index is 13.3. The van der Waals surface area contributed by atoms with E-state index in [1.807, 2.05) is 42.5 Å². The van der Waals surface area contributed by atoms with Crippen molar-refractivity contribution < 1.29 is 4.39 Å². The minimum Gasteiger partial charge on any atom is -0.361 e. The quantitative estimate of drug-likeness (QED) is 0.546. The van der Waals surface area contributed by atoms with E-state index < -0.39 is 0 Å². The van der Waals surface area contributed by atoms with Crippen molar-refractivity contribution in [2.24, 2.45) is 0 Å². The number of benzene rings is 3. The lowest BCUT2D eigenvalue weighted by Gasteiger charge is -2.30. The summed E-state index contributed by atoms with van der Waals surface area (Å²) in [6, 6.07) is 22.9. The normalized spacial score (nSPS) is 15.6. The van der Waals surface area contributed by atoms with Crippen LogP contribution in [-0.2, 0) is 0 Å². The molecule has 5 rings (SSSR count). The molecule has 0 aliphatic carbocycles. The molecule has 3 aromatic carbocycles. The van der Waals surface area contributed by atoms with Crippen molar-refractivity contribution in [3.8, 4) is 11.4 Å². The van der Waals surface area contributed by atoms with Gasteiger partial charge in [0.05, 0.1) is 11.0 Å². The van der Waals surface area contributed by atoms with Crippen molar-refractivity contribution in [2.45, 2.75) is 6.17 Å². The molecule has 1 atom stereocenters. The van der Waals surface area contributed by atoms with E-state index in [0.29, 0.717) is 0 Å². The van der Waals surface area contributed by atoms with Crippen LogP contribution in [0.2, 0.25) is 0 Å². The van der Waals surface area contributed by atoms with Gasteiger partial charge in [-0.15, -0.1) is 0 Å². The van der Waals surface area contributed by atoms with Crippen LogP contribution in [0.5, 0.6) is 0 Å². The molecule has 24 heavy (non-hydrogen) atoms. The van der Waals surface area contributed by atoms with Crippen molar-refractivity contribution in [1.82, 2.24) is 9.55 Å². The highest BCUT2D eigenvalue weighted by atomic mass is 19.1. The summed E-state index contributed by atoms with van der Waals surface area (Å²) in [6.45, 7) is 0. The minimum absolute atomic E-state index is 0.122. The van der Waals surface area contributed by atoms with E-state index in [2.05, 4.69) is 28.1 Å².